The molecule has 1 aliphatic heterocycles. The van der Waals surface area contributed by atoms with Crippen molar-refractivity contribution in [2.24, 2.45) is 0 Å². The van der Waals surface area contributed by atoms with Gasteiger partial charge in [-0.25, -0.2) is 9.97 Å². The number of rotatable bonds is 5. The number of nitrogens with one attached hydrogen (secondary N) is 1. The molecule has 1 saturated heterocycles. The van der Waals surface area contributed by atoms with Crippen LogP contribution < -0.4 is 10.2 Å². The van der Waals surface area contributed by atoms with Gasteiger partial charge in [-0.15, -0.1) is 0 Å². The topological polar surface area (TPSA) is 91.1 Å². The SMILES string of the molecule is N#Cc1ccc(-c2nc(N3CCOCC3)ncc2C(=O)NCc2ccccc2C(F)(F)F)cc1. The molecule has 0 radical (unpaired) electrons. The van der Waals surface area contributed by atoms with Crippen LogP contribution >= 0.6 is 0 Å². The van der Waals surface area contributed by atoms with Gasteiger partial charge in [0.25, 0.3) is 5.91 Å². The zero-order valence-electron chi connectivity index (χ0n) is 18.0. The maximum absolute atomic E-state index is 13.3. The summed E-state index contributed by atoms with van der Waals surface area (Å²) in [5.74, 6) is -0.188. The molecule has 3 aromatic rings. The second-order valence-corrected chi connectivity index (χ2v) is 7.56. The molecule has 174 valence electrons. The number of morpholine rings is 1. The van der Waals surface area contributed by atoms with Crippen molar-refractivity contribution >= 4 is 11.9 Å². The smallest absolute Gasteiger partial charge is 0.378 e. The molecule has 4 rings (SSSR count). The van der Waals surface area contributed by atoms with E-state index in [0.29, 0.717) is 49.1 Å². The summed E-state index contributed by atoms with van der Waals surface area (Å²) < 4.78 is 45.2. The molecule has 1 N–H and O–H groups in total. The van der Waals surface area contributed by atoms with E-state index in [1.807, 2.05) is 11.0 Å². The van der Waals surface area contributed by atoms with Crippen molar-refractivity contribution in [3.05, 3.63) is 77.0 Å². The average Bonchev–Trinajstić information content (AvgIpc) is 2.87. The van der Waals surface area contributed by atoms with Gasteiger partial charge in [-0.05, 0) is 23.8 Å². The van der Waals surface area contributed by atoms with Gasteiger partial charge in [0, 0.05) is 31.4 Å². The molecule has 0 spiro atoms. The normalized spacial score (nSPS) is 13.9. The molecule has 2 aromatic carbocycles. The molecule has 7 nitrogen and oxygen atoms in total. The van der Waals surface area contributed by atoms with Crippen molar-refractivity contribution < 1.29 is 22.7 Å². The number of hydrogen-bond acceptors (Lipinski definition) is 6. The summed E-state index contributed by atoms with van der Waals surface area (Å²) in [7, 11) is 0. The summed E-state index contributed by atoms with van der Waals surface area (Å²) >= 11 is 0. The van der Waals surface area contributed by atoms with E-state index in [4.69, 9.17) is 10.00 Å². The number of ether oxygens (including phenoxy) is 1. The number of halogens is 3. The summed E-state index contributed by atoms with van der Waals surface area (Å²) in [6.07, 6.45) is -3.16. The Morgan fingerprint density at radius 2 is 1.82 bits per heavy atom. The molecule has 10 heteroatoms. The summed E-state index contributed by atoms with van der Waals surface area (Å²) in [6, 6.07) is 13.7. The van der Waals surface area contributed by atoms with Gasteiger partial charge in [-0.2, -0.15) is 18.4 Å². The first-order chi connectivity index (χ1) is 16.4. The third-order valence-corrected chi connectivity index (χ3v) is 5.36. The Morgan fingerprint density at radius 3 is 2.50 bits per heavy atom. The van der Waals surface area contributed by atoms with Gasteiger partial charge in [0.05, 0.1) is 41.7 Å². The third-order valence-electron chi connectivity index (χ3n) is 5.36. The molecule has 34 heavy (non-hydrogen) atoms. The van der Waals surface area contributed by atoms with Crippen molar-refractivity contribution in [1.29, 1.82) is 5.26 Å². The highest BCUT2D eigenvalue weighted by Crippen LogP contribution is 2.32. The van der Waals surface area contributed by atoms with E-state index in [1.54, 1.807) is 24.3 Å². The van der Waals surface area contributed by atoms with E-state index in [0.717, 1.165) is 6.07 Å². The number of benzene rings is 2. The first-order valence-corrected chi connectivity index (χ1v) is 10.5. The summed E-state index contributed by atoms with van der Waals surface area (Å²) in [6.45, 7) is 1.92. The van der Waals surface area contributed by atoms with Gasteiger partial charge in [0.2, 0.25) is 5.95 Å². The Morgan fingerprint density at radius 1 is 1.12 bits per heavy atom. The lowest BCUT2D eigenvalue weighted by atomic mass is 10.0. The Labute approximate surface area is 193 Å². The fourth-order valence-corrected chi connectivity index (χ4v) is 3.60. The van der Waals surface area contributed by atoms with Gasteiger partial charge >= 0.3 is 6.18 Å². The van der Waals surface area contributed by atoms with Crippen LogP contribution in [0.5, 0.6) is 0 Å². The molecule has 1 amide bonds. The van der Waals surface area contributed by atoms with E-state index < -0.39 is 17.6 Å². The number of aromatic nitrogens is 2. The summed E-state index contributed by atoms with van der Waals surface area (Å²) in [5, 5.41) is 11.6. The van der Waals surface area contributed by atoms with Gasteiger partial charge in [0.1, 0.15) is 0 Å². The minimum atomic E-state index is -4.53. The first-order valence-electron chi connectivity index (χ1n) is 10.5. The fraction of sp³-hybridized carbons (Fsp3) is 0.250. The summed E-state index contributed by atoms with van der Waals surface area (Å²) in [5.41, 5.74) is 0.613. The van der Waals surface area contributed by atoms with E-state index >= 15 is 0 Å². The number of alkyl halides is 3. The van der Waals surface area contributed by atoms with Gasteiger partial charge in [-0.1, -0.05) is 30.3 Å². The Balaban J connectivity index is 1.65. The number of nitrogens with zero attached hydrogens (tertiary/aromatic N) is 4. The maximum atomic E-state index is 13.3. The standard InChI is InChI=1S/C24H20F3N5O2/c25-24(26,27)20-4-2-1-3-18(20)14-29-22(33)19-15-30-23(32-9-11-34-12-10-32)31-21(19)17-7-5-16(13-28)6-8-17/h1-8,15H,9-12,14H2,(H,29,33). The molecule has 1 fully saturated rings. The molecule has 1 aliphatic rings. The number of carbonyl (C=O) groups excluding carboxylic acids is 1. The highest BCUT2D eigenvalue weighted by molar-refractivity contribution is 5.99. The maximum Gasteiger partial charge on any atom is 0.416 e. The molecule has 0 saturated carbocycles. The van der Waals surface area contributed by atoms with Crippen LogP contribution in [0, 0.1) is 11.3 Å². The van der Waals surface area contributed by atoms with Gasteiger partial charge in [0.15, 0.2) is 0 Å². The lowest BCUT2D eigenvalue weighted by molar-refractivity contribution is -0.138. The molecule has 1 aromatic heterocycles. The van der Waals surface area contributed by atoms with Crippen LogP contribution in [-0.4, -0.2) is 42.2 Å². The van der Waals surface area contributed by atoms with Crippen LogP contribution in [0.2, 0.25) is 0 Å². The minimum Gasteiger partial charge on any atom is -0.378 e. The van der Waals surface area contributed by atoms with Crippen molar-refractivity contribution in [3.8, 4) is 17.3 Å². The van der Waals surface area contributed by atoms with E-state index in [9.17, 15) is 18.0 Å². The van der Waals surface area contributed by atoms with Crippen molar-refractivity contribution in [3.63, 3.8) is 0 Å². The number of nitriles is 1. The van der Waals surface area contributed by atoms with Crippen LogP contribution in [0.4, 0.5) is 19.1 Å². The predicted octanol–water partition coefficient (Wildman–Crippen LogP) is 3.80. The Kier molecular flexibility index (Phi) is 6.75. The van der Waals surface area contributed by atoms with Crippen LogP contribution in [0.1, 0.15) is 27.0 Å². The molecule has 0 atom stereocenters. The molecule has 0 unspecified atom stereocenters. The Bertz CT molecular complexity index is 1220. The van der Waals surface area contributed by atoms with Crippen molar-refractivity contribution in [2.45, 2.75) is 12.7 Å². The van der Waals surface area contributed by atoms with Gasteiger partial charge < -0.3 is 15.0 Å². The zero-order valence-corrected chi connectivity index (χ0v) is 18.0. The predicted molar refractivity (Wildman–Crippen MR) is 118 cm³/mol. The Hall–Kier alpha value is -3.97. The van der Waals surface area contributed by atoms with E-state index in [-0.39, 0.29) is 17.7 Å². The average molecular weight is 467 g/mol. The molecular weight excluding hydrogens is 447 g/mol. The van der Waals surface area contributed by atoms with Crippen molar-refractivity contribution in [2.75, 3.05) is 31.2 Å². The number of hydrogen-bond donors (Lipinski definition) is 1. The van der Waals surface area contributed by atoms with E-state index in [2.05, 4.69) is 15.3 Å². The quantitative estimate of drug-likeness (QED) is 0.614. The van der Waals surface area contributed by atoms with Crippen LogP contribution in [-0.2, 0) is 17.5 Å². The highest BCUT2D eigenvalue weighted by atomic mass is 19.4. The second kappa shape index (κ2) is 9.89. The van der Waals surface area contributed by atoms with Crippen LogP contribution in [0.25, 0.3) is 11.3 Å². The second-order valence-electron chi connectivity index (χ2n) is 7.56. The largest absolute Gasteiger partial charge is 0.416 e. The number of anilines is 1. The zero-order chi connectivity index (χ0) is 24.1. The lowest BCUT2D eigenvalue weighted by Crippen LogP contribution is -2.37. The first kappa shape index (κ1) is 23.2. The highest BCUT2D eigenvalue weighted by Gasteiger charge is 2.33. The van der Waals surface area contributed by atoms with Crippen LogP contribution in [0.3, 0.4) is 0 Å². The van der Waals surface area contributed by atoms with Crippen molar-refractivity contribution in [1.82, 2.24) is 15.3 Å². The minimum absolute atomic E-state index is 0.0471. The van der Waals surface area contributed by atoms with E-state index in [1.165, 1.54) is 24.4 Å². The third kappa shape index (κ3) is 5.15. The number of amides is 1. The van der Waals surface area contributed by atoms with Crippen LogP contribution in [0.15, 0.2) is 54.7 Å². The molecular formula is C24H20F3N5O2. The monoisotopic (exact) mass is 467 g/mol. The molecule has 2 heterocycles. The molecule has 0 aliphatic carbocycles. The number of carbonyl (C=O) groups is 1. The lowest BCUT2D eigenvalue weighted by Gasteiger charge is -2.27. The summed E-state index contributed by atoms with van der Waals surface area (Å²) in [4.78, 5) is 23.9. The molecule has 0 bridgehead atoms. The fourth-order valence-electron chi connectivity index (χ4n) is 3.60. The van der Waals surface area contributed by atoms with Gasteiger partial charge in [-0.3, -0.25) is 4.79 Å².